The van der Waals surface area contributed by atoms with Crippen molar-refractivity contribution in [2.24, 2.45) is 12.5 Å². The second kappa shape index (κ2) is 5.52. The van der Waals surface area contributed by atoms with Crippen LogP contribution in [0.2, 0.25) is 5.02 Å². The fourth-order valence-electron chi connectivity index (χ4n) is 4.10. The van der Waals surface area contributed by atoms with Gasteiger partial charge in [-0.3, -0.25) is 9.59 Å². The lowest BCUT2D eigenvalue weighted by molar-refractivity contribution is -0.132. The fraction of sp³-hybridized carbons (Fsp3) is 0.444. The molecule has 2 aromatic rings. The number of carbonyl (C=O) groups excluding carboxylic acids is 2. The van der Waals surface area contributed by atoms with E-state index in [1.54, 1.807) is 0 Å². The lowest BCUT2D eigenvalue weighted by atomic mass is 9.79. The van der Waals surface area contributed by atoms with Gasteiger partial charge in [-0.05, 0) is 31.4 Å². The molecule has 0 radical (unpaired) electrons. The summed E-state index contributed by atoms with van der Waals surface area (Å²) in [6.45, 7) is 1.88. The van der Waals surface area contributed by atoms with E-state index >= 15 is 0 Å². The van der Waals surface area contributed by atoms with Crippen molar-refractivity contribution in [2.45, 2.75) is 19.3 Å². The van der Waals surface area contributed by atoms with Gasteiger partial charge in [0.05, 0.1) is 16.0 Å². The van der Waals surface area contributed by atoms with Gasteiger partial charge in [0.2, 0.25) is 5.91 Å². The average Bonchev–Trinajstić information content (AvgIpc) is 3.14. The molecule has 4 rings (SSSR count). The molecule has 2 aliphatic rings. The minimum Gasteiger partial charge on any atom is -0.356 e. The van der Waals surface area contributed by atoms with Gasteiger partial charge in [-0.2, -0.15) is 0 Å². The van der Waals surface area contributed by atoms with Crippen LogP contribution >= 0.6 is 11.6 Å². The highest BCUT2D eigenvalue weighted by atomic mass is 35.5. The van der Waals surface area contributed by atoms with Crippen molar-refractivity contribution in [3.05, 3.63) is 35.0 Å². The largest absolute Gasteiger partial charge is 0.356 e. The molecule has 2 fully saturated rings. The molecule has 126 valence electrons. The van der Waals surface area contributed by atoms with Crippen molar-refractivity contribution in [2.75, 3.05) is 19.6 Å². The van der Waals surface area contributed by atoms with Crippen LogP contribution < -0.4 is 5.32 Å². The van der Waals surface area contributed by atoms with Crippen LogP contribution in [0, 0.1) is 5.41 Å². The number of benzene rings is 1. The van der Waals surface area contributed by atoms with E-state index in [1.165, 1.54) is 0 Å². The van der Waals surface area contributed by atoms with Gasteiger partial charge in [-0.1, -0.05) is 23.7 Å². The second-order valence-corrected chi connectivity index (χ2v) is 7.29. The predicted molar refractivity (Wildman–Crippen MR) is 93.1 cm³/mol. The molecule has 0 aliphatic carbocycles. The molecule has 2 aliphatic heterocycles. The molecule has 2 amide bonds. The van der Waals surface area contributed by atoms with Gasteiger partial charge in [-0.15, -0.1) is 0 Å². The van der Waals surface area contributed by atoms with Crippen molar-refractivity contribution in [1.82, 2.24) is 14.8 Å². The van der Waals surface area contributed by atoms with Crippen molar-refractivity contribution in [1.29, 1.82) is 0 Å². The summed E-state index contributed by atoms with van der Waals surface area (Å²) in [6.07, 6.45) is 2.59. The summed E-state index contributed by atoms with van der Waals surface area (Å²) in [6, 6.07) is 7.55. The van der Waals surface area contributed by atoms with E-state index in [0.29, 0.717) is 23.8 Å². The Morgan fingerprint density at radius 1 is 1.33 bits per heavy atom. The van der Waals surface area contributed by atoms with E-state index in [-0.39, 0.29) is 11.8 Å². The number of aryl methyl sites for hydroxylation is 1. The van der Waals surface area contributed by atoms with Crippen LogP contribution in [0.15, 0.2) is 24.3 Å². The van der Waals surface area contributed by atoms with Gasteiger partial charge in [0.15, 0.2) is 0 Å². The standard InChI is InChI=1S/C18H20ClN3O2/c1-21-14(10-12-4-2-5-13(19)15(12)21)16(23)22-9-7-18(11-22)6-3-8-20-17(18)24/h2,4-5,10H,3,6-9,11H2,1H3,(H,20,24). The molecule has 0 bridgehead atoms. The number of hydrogen-bond acceptors (Lipinski definition) is 2. The predicted octanol–water partition coefficient (Wildman–Crippen LogP) is 2.57. The number of fused-ring (bicyclic) bond motifs is 1. The number of nitrogens with one attached hydrogen (secondary N) is 1. The van der Waals surface area contributed by atoms with E-state index in [4.69, 9.17) is 11.6 Å². The second-order valence-electron chi connectivity index (χ2n) is 6.88. The first-order valence-corrected chi connectivity index (χ1v) is 8.71. The molecule has 1 N–H and O–H groups in total. The van der Waals surface area contributed by atoms with Crippen molar-refractivity contribution < 1.29 is 9.59 Å². The Morgan fingerprint density at radius 2 is 2.17 bits per heavy atom. The van der Waals surface area contributed by atoms with E-state index in [9.17, 15) is 9.59 Å². The minimum atomic E-state index is -0.393. The van der Waals surface area contributed by atoms with Crippen molar-refractivity contribution in [3.63, 3.8) is 0 Å². The number of para-hydroxylation sites is 1. The quantitative estimate of drug-likeness (QED) is 0.863. The monoisotopic (exact) mass is 345 g/mol. The number of likely N-dealkylation sites (tertiary alicyclic amines) is 1. The van der Waals surface area contributed by atoms with Crippen LogP contribution in [0.4, 0.5) is 0 Å². The summed E-state index contributed by atoms with van der Waals surface area (Å²) >= 11 is 6.28. The van der Waals surface area contributed by atoms with Crippen LogP contribution in [0.3, 0.4) is 0 Å². The molecule has 0 saturated carbocycles. The molecule has 3 heterocycles. The third-order valence-corrected chi connectivity index (χ3v) is 5.77. The maximum Gasteiger partial charge on any atom is 0.270 e. The highest BCUT2D eigenvalue weighted by Gasteiger charge is 2.47. The average molecular weight is 346 g/mol. The number of amides is 2. The summed E-state index contributed by atoms with van der Waals surface area (Å²) in [4.78, 5) is 27.1. The number of rotatable bonds is 1. The molecule has 1 unspecified atom stereocenters. The minimum absolute atomic E-state index is 0.0278. The first kappa shape index (κ1) is 15.5. The Morgan fingerprint density at radius 3 is 2.92 bits per heavy atom. The van der Waals surface area contributed by atoms with E-state index in [0.717, 1.165) is 36.7 Å². The van der Waals surface area contributed by atoms with Crippen LogP contribution in [-0.4, -0.2) is 40.9 Å². The normalized spacial score (nSPS) is 23.9. The number of carbonyl (C=O) groups is 2. The molecule has 1 aromatic heterocycles. The van der Waals surface area contributed by atoms with Crippen LogP contribution in [-0.2, 0) is 11.8 Å². The maximum absolute atomic E-state index is 13.0. The van der Waals surface area contributed by atoms with Gasteiger partial charge in [0.1, 0.15) is 5.69 Å². The zero-order chi connectivity index (χ0) is 16.9. The number of piperidine rings is 1. The summed E-state index contributed by atoms with van der Waals surface area (Å²) < 4.78 is 1.85. The Bertz CT molecular complexity index is 844. The molecule has 24 heavy (non-hydrogen) atoms. The number of nitrogens with zero attached hydrogens (tertiary/aromatic N) is 2. The Kier molecular flexibility index (Phi) is 3.57. The molecule has 2 saturated heterocycles. The van der Waals surface area contributed by atoms with Crippen LogP contribution in [0.1, 0.15) is 29.8 Å². The lowest BCUT2D eigenvalue weighted by Gasteiger charge is -2.32. The van der Waals surface area contributed by atoms with Gasteiger partial charge < -0.3 is 14.8 Å². The Hall–Kier alpha value is -2.01. The van der Waals surface area contributed by atoms with Gasteiger partial charge in [-0.25, -0.2) is 0 Å². The zero-order valence-corrected chi connectivity index (χ0v) is 14.4. The van der Waals surface area contributed by atoms with Gasteiger partial charge >= 0.3 is 0 Å². The summed E-state index contributed by atoms with van der Waals surface area (Å²) in [5, 5.41) is 4.55. The van der Waals surface area contributed by atoms with E-state index < -0.39 is 5.41 Å². The maximum atomic E-state index is 13.0. The van der Waals surface area contributed by atoms with Crippen LogP contribution in [0.25, 0.3) is 10.9 Å². The Labute approximate surface area is 145 Å². The third-order valence-electron chi connectivity index (χ3n) is 5.47. The number of halogens is 1. The first-order valence-electron chi connectivity index (χ1n) is 8.33. The summed E-state index contributed by atoms with van der Waals surface area (Å²) in [7, 11) is 1.86. The molecule has 1 aromatic carbocycles. The Balaban J connectivity index is 1.64. The molecule has 1 atom stereocenters. The topological polar surface area (TPSA) is 54.3 Å². The summed E-state index contributed by atoms with van der Waals surface area (Å²) in [5.41, 5.74) is 1.09. The molecule has 6 heteroatoms. The fourth-order valence-corrected chi connectivity index (χ4v) is 4.41. The molecule has 5 nitrogen and oxygen atoms in total. The van der Waals surface area contributed by atoms with Crippen molar-refractivity contribution in [3.8, 4) is 0 Å². The van der Waals surface area contributed by atoms with Gasteiger partial charge in [0.25, 0.3) is 5.91 Å². The zero-order valence-electron chi connectivity index (χ0n) is 13.6. The van der Waals surface area contributed by atoms with Crippen LogP contribution in [0.5, 0.6) is 0 Å². The van der Waals surface area contributed by atoms with E-state index in [1.807, 2.05) is 40.8 Å². The molecular weight excluding hydrogens is 326 g/mol. The molecular formula is C18H20ClN3O2. The van der Waals surface area contributed by atoms with Gasteiger partial charge in [0, 0.05) is 32.1 Å². The van der Waals surface area contributed by atoms with E-state index in [2.05, 4.69) is 5.32 Å². The number of hydrogen-bond donors (Lipinski definition) is 1. The number of aromatic nitrogens is 1. The highest BCUT2D eigenvalue weighted by molar-refractivity contribution is 6.35. The SMILES string of the molecule is Cn1c(C(=O)N2CCC3(CCCNC3=O)C2)cc2cccc(Cl)c21. The molecule has 1 spiro atoms. The van der Waals surface area contributed by atoms with Crippen molar-refractivity contribution >= 4 is 34.3 Å². The third kappa shape index (κ3) is 2.22. The smallest absolute Gasteiger partial charge is 0.270 e. The lowest BCUT2D eigenvalue weighted by Crippen LogP contribution is -2.47. The highest BCUT2D eigenvalue weighted by Crippen LogP contribution is 2.38. The first-order chi connectivity index (χ1) is 11.5. The summed E-state index contributed by atoms with van der Waals surface area (Å²) in [5.74, 6) is 0.0733.